The molecule has 0 atom stereocenters. The molecule has 0 saturated carbocycles. The number of amides is 1. The number of rotatable bonds is 5. The number of anilines is 1. The summed E-state index contributed by atoms with van der Waals surface area (Å²) in [4.78, 5) is 16.2. The van der Waals surface area contributed by atoms with E-state index in [-0.39, 0.29) is 5.91 Å². The van der Waals surface area contributed by atoms with E-state index in [0.717, 1.165) is 11.4 Å². The molecule has 0 aliphatic heterocycles. The van der Waals surface area contributed by atoms with Crippen LogP contribution in [0.25, 0.3) is 0 Å². The molecule has 2 aromatic rings. The van der Waals surface area contributed by atoms with Crippen molar-refractivity contribution in [1.82, 2.24) is 4.98 Å². The van der Waals surface area contributed by atoms with Gasteiger partial charge in [-0.25, -0.2) is 4.98 Å². The summed E-state index contributed by atoms with van der Waals surface area (Å²) in [6.07, 6.45) is 0. The van der Waals surface area contributed by atoms with Crippen molar-refractivity contribution in [2.45, 2.75) is 6.92 Å². The van der Waals surface area contributed by atoms with E-state index < -0.39 is 0 Å². The summed E-state index contributed by atoms with van der Waals surface area (Å²) in [5, 5.41) is 2.79. The summed E-state index contributed by atoms with van der Waals surface area (Å²) in [6.45, 7) is 2.79. The standard InChI is InChI=1S/C15H17N3O2/c1-11-3-2-4-14(17-11)15(19)18-12-5-7-13(8-6-12)20-10-9-16/h2-8H,9-10,16H2,1H3,(H,18,19). The van der Waals surface area contributed by atoms with E-state index in [0.29, 0.717) is 24.5 Å². The van der Waals surface area contributed by atoms with Gasteiger partial charge in [0, 0.05) is 17.9 Å². The smallest absolute Gasteiger partial charge is 0.274 e. The van der Waals surface area contributed by atoms with Gasteiger partial charge in [-0.2, -0.15) is 0 Å². The number of carbonyl (C=O) groups excluding carboxylic acids is 1. The second-order valence-corrected chi connectivity index (χ2v) is 4.28. The van der Waals surface area contributed by atoms with E-state index >= 15 is 0 Å². The lowest BCUT2D eigenvalue weighted by atomic mass is 10.2. The third-order valence-electron chi connectivity index (χ3n) is 2.62. The van der Waals surface area contributed by atoms with Crippen LogP contribution in [0.4, 0.5) is 5.69 Å². The molecule has 0 spiro atoms. The number of aryl methyl sites for hydroxylation is 1. The molecule has 5 nitrogen and oxygen atoms in total. The number of hydrogen-bond acceptors (Lipinski definition) is 4. The van der Waals surface area contributed by atoms with Gasteiger partial charge in [0.1, 0.15) is 18.1 Å². The van der Waals surface area contributed by atoms with Gasteiger partial charge in [0.05, 0.1) is 0 Å². The molecule has 0 radical (unpaired) electrons. The van der Waals surface area contributed by atoms with Gasteiger partial charge in [0.15, 0.2) is 0 Å². The average molecular weight is 271 g/mol. The molecule has 0 unspecified atom stereocenters. The quantitative estimate of drug-likeness (QED) is 0.871. The van der Waals surface area contributed by atoms with Crippen LogP contribution in [-0.2, 0) is 0 Å². The highest BCUT2D eigenvalue weighted by molar-refractivity contribution is 6.02. The molecule has 104 valence electrons. The lowest BCUT2D eigenvalue weighted by Gasteiger charge is -2.07. The molecule has 0 saturated heterocycles. The number of nitrogens with one attached hydrogen (secondary N) is 1. The van der Waals surface area contributed by atoms with Crippen LogP contribution < -0.4 is 15.8 Å². The van der Waals surface area contributed by atoms with Crippen molar-refractivity contribution in [3.63, 3.8) is 0 Å². The van der Waals surface area contributed by atoms with Crippen LogP contribution in [0.1, 0.15) is 16.2 Å². The molecule has 5 heteroatoms. The summed E-state index contributed by atoms with van der Waals surface area (Å²) >= 11 is 0. The second kappa shape index (κ2) is 6.68. The van der Waals surface area contributed by atoms with E-state index in [9.17, 15) is 4.79 Å². The Bertz CT molecular complexity index is 582. The maximum atomic E-state index is 12.0. The SMILES string of the molecule is Cc1cccc(C(=O)Nc2ccc(OCCN)cc2)n1. The zero-order valence-corrected chi connectivity index (χ0v) is 11.3. The molecule has 2 rings (SSSR count). The van der Waals surface area contributed by atoms with Crippen molar-refractivity contribution in [2.75, 3.05) is 18.5 Å². The summed E-state index contributed by atoms with van der Waals surface area (Å²) < 4.78 is 5.37. The highest BCUT2D eigenvalue weighted by Gasteiger charge is 2.07. The monoisotopic (exact) mass is 271 g/mol. The van der Waals surface area contributed by atoms with Crippen molar-refractivity contribution in [3.05, 3.63) is 53.9 Å². The Labute approximate surface area is 117 Å². The molecule has 1 aromatic carbocycles. The molecule has 1 amide bonds. The number of nitrogens with two attached hydrogens (primary N) is 1. The zero-order chi connectivity index (χ0) is 14.4. The van der Waals surface area contributed by atoms with Crippen molar-refractivity contribution in [3.8, 4) is 5.75 Å². The molecule has 0 aliphatic carbocycles. The number of nitrogens with zero attached hydrogens (tertiary/aromatic N) is 1. The van der Waals surface area contributed by atoms with Gasteiger partial charge in [-0.3, -0.25) is 4.79 Å². The van der Waals surface area contributed by atoms with E-state index in [2.05, 4.69) is 10.3 Å². The predicted octanol–water partition coefficient (Wildman–Crippen LogP) is 1.98. The van der Waals surface area contributed by atoms with Crippen LogP contribution in [0, 0.1) is 6.92 Å². The summed E-state index contributed by atoms with van der Waals surface area (Å²) in [5.74, 6) is 0.492. The molecule has 0 fully saturated rings. The maximum Gasteiger partial charge on any atom is 0.274 e. The molecule has 1 heterocycles. The van der Waals surface area contributed by atoms with E-state index in [1.165, 1.54) is 0 Å². The minimum atomic E-state index is -0.232. The van der Waals surface area contributed by atoms with Crippen LogP contribution in [0.2, 0.25) is 0 Å². The fourth-order valence-electron chi connectivity index (χ4n) is 1.68. The topological polar surface area (TPSA) is 77.2 Å². The van der Waals surface area contributed by atoms with Crippen molar-refractivity contribution in [2.24, 2.45) is 5.73 Å². The molecular formula is C15H17N3O2. The van der Waals surface area contributed by atoms with Crippen molar-refractivity contribution in [1.29, 1.82) is 0 Å². The second-order valence-electron chi connectivity index (χ2n) is 4.28. The number of carbonyl (C=O) groups is 1. The fraction of sp³-hybridized carbons (Fsp3) is 0.200. The summed E-state index contributed by atoms with van der Waals surface area (Å²) in [5.41, 5.74) is 7.26. The van der Waals surface area contributed by atoms with Crippen LogP contribution >= 0.6 is 0 Å². The van der Waals surface area contributed by atoms with Gasteiger partial charge >= 0.3 is 0 Å². The van der Waals surface area contributed by atoms with Gasteiger partial charge in [0.2, 0.25) is 0 Å². The first kappa shape index (κ1) is 14.0. The van der Waals surface area contributed by atoms with Gasteiger partial charge in [-0.15, -0.1) is 0 Å². The Kier molecular flexibility index (Phi) is 4.68. The van der Waals surface area contributed by atoms with Crippen LogP contribution in [0.15, 0.2) is 42.5 Å². The van der Waals surface area contributed by atoms with Crippen molar-refractivity contribution >= 4 is 11.6 Å². The van der Waals surface area contributed by atoms with Gasteiger partial charge in [-0.05, 0) is 43.3 Å². The lowest BCUT2D eigenvalue weighted by molar-refractivity contribution is 0.102. The third kappa shape index (κ3) is 3.80. The molecular weight excluding hydrogens is 254 g/mol. The summed E-state index contributed by atoms with van der Waals surface area (Å²) in [6, 6.07) is 12.5. The van der Waals surface area contributed by atoms with Gasteiger partial charge in [0.25, 0.3) is 5.91 Å². The normalized spacial score (nSPS) is 10.1. The maximum absolute atomic E-state index is 12.0. The first-order valence-corrected chi connectivity index (χ1v) is 6.37. The van der Waals surface area contributed by atoms with Crippen LogP contribution in [0.5, 0.6) is 5.75 Å². The number of aromatic nitrogens is 1. The van der Waals surface area contributed by atoms with Crippen molar-refractivity contribution < 1.29 is 9.53 Å². The number of ether oxygens (including phenoxy) is 1. The van der Waals surface area contributed by atoms with Gasteiger partial charge < -0.3 is 15.8 Å². The third-order valence-corrected chi connectivity index (χ3v) is 2.62. The van der Waals surface area contributed by atoms with E-state index in [1.807, 2.05) is 13.0 Å². The highest BCUT2D eigenvalue weighted by atomic mass is 16.5. The van der Waals surface area contributed by atoms with Crippen LogP contribution in [0.3, 0.4) is 0 Å². The lowest BCUT2D eigenvalue weighted by Crippen LogP contribution is -2.14. The largest absolute Gasteiger partial charge is 0.492 e. The average Bonchev–Trinajstić information content (AvgIpc) is 2.46. The minimum Gasteiger partial charge on any atom is -0.492 e. The fourth-order valence-corrected chi connectivity index (χ4v) is 1.68. The predicted molar refractivity (Wildman–Crippen MR) is 77.9 cm³/mol. The molecule has 0 aliphatic rings. The number of hydrogen-bond donors (Lipinski definition) is 2. The zero-order valence-electron chi connectivity index (χ0n) is 11.3. The first-order valence-electron chi connectivity index (χ1n) is 6.37. The number of pyridine rings is 1. The Morgan fingerprint density at radius 3 is 2.65 bits per heavy atom. The Morgan fingerprint density at radius 1 is 1.25 bits per heavy atom. The summed E-state index contributed by atoms with van der Waals surface area (Å²) in [7, 11) is 0. The van der Waals surface area contributed by atoms with E-state index in [4.69, 9.17) is 10.5 Å². The van der Waals surface area contributed by atoms with E-state index in [1.54, 1.807) is 36.4 Å². The molecule has 20 heavy (non-hydrogen) atoms. The molecule has 3 N–H and O–H groups in total. The molecule has 1 aromatic heterocycles. The Hall–Kier alpha value is -2.40. The Balaban J connectivity index is 2.01. The van der Waals surface area contributed by atoms with Gasteiger partial charge in [-0.1, -0.05) is 6.07 Å². The van der Waals surface area contributed by atoms with Crippen LogP contribution in [-0.4, -0.2) is 24.0 Å². The molecule has 0 bridgehead atoms. The first-order chi connectivity index (χ1) is 9.69. The highest BCUT2D eigenvalue weighted by Crippen LogP contribution is 2.16. The number of benzene rings is 1. The Morgan fingerprint density at radius 2 is 2.00 bits per heavy atom. The minimum absolute atomic E-state index is 0.232.